The molecule has 0 fully saturated rings. The molecule has 0 N–H and O–H groups in total. The summed E-state index contributed by atoms with van der Waals surface area (Å²) in [6.07, 6.45) is -9.76. The number of ether oxygens (including phenoxy) is 1. The van der Waals surface area contributed by atoms with Gasteiger partial charge in [0.05, 0.1) is 10.5 Å². The van der Waals surface area contributed by atoms with Crippen LogP contribution in [0.2, 0.25) is 0 Å². The van der Waals surface area contributed by atoms with Gasteiger partial charge in [-0.2, -0.15) is 30.7 Å². The van der Waals surface area contributed by atoms with E-state index in [1.165, 1.54) is 0 Å². The van der Waals surface area contributed by atoms with Gasteiger partial charge in [-0.25, -0.2) is 8.78 Å². The highest BCUT2D eigenvalue weighted by molar-refractivity contribution is 5.49. The van der Waals surface area contributed by atoms with Crippen LogP contribution in [0.25, 0.3) is 0 Å². The van der Waals surface area contributed by atoms with E-state index >= 15 is 0 Å². The Labute approximate surface area is 127 Å². The van der Waals surface area contributed by atoms with Gasteiger partial charge in [-0.05, 0) is 12.1 Å². The molecule has 24 heavy (non-hydrogen) atoms. The van der Waals surface area contributed by atoms with E-state index in [1.807, 2.05) is 0 Å². The third-order valence-electron chi connectivity index (χ3n) is 2.65. The van der Waals surface area contributed by atoms with Crippen molar-refractivity contribution >= 4 is 5.69 Å². The molecular weight excluding hydrogens is 365 g/mol. The molecule has 0 amide bonds. The average molecular weight is 371 g/mol. The molecular formula is C11H6F9NO3. The average Bonchev–Trinajstić information content (AvgIpc) is 2.43. The second kappa shape index (κ2) is 6.36. The first-order valence-corrected chi connectivity index (χ1v) is 5.72. The predicted octanol–water partition coefficient (Wildman–Crippen LogP) is 4.53. The Bertz CT molecular complexity index is 615. The van der Waals surface area contributed by atoms with E-state index in [-0.39, 0.29) is 18.2 Å². The van der Waals surface area contributed by atoms with Crippen LogP contribution in [-0.2, 0) is 6.18 Å². The molecule has 1 aromatic rings. The molecule has 0 aliphatic carbocycles. The van der Waals surface area contributed by atoms with Gasteiger partial charge >= 0.3 is 30.1 Å². The molecule has 0 saturated carbocycles. The zero-order chi connectivity index (χ0) is 18.9. The number of nitro groups is 1. The van der Waals surface area contributed by atoms with Crippen molar-refractivity contribution in [2.24, 2.45) is 0 Å². The van der Waals surface area contributed by atoms with Crippen molar-refractivity contribution in [1.82, 2.24) is 0 Å². The van der Waals surface area contributed by atoms with E-state index in [2.05, 4.69) is 4.74 Å². The molecule has 1 aromatic carbocycles. The fourth-order valence-corrected chi connectivity index (χ4v) is 1.38. The minimum Gasteiger partial charge on any atom is -0.480 e. The zero-order valence-corrected chi connectivity index (χ0v) is 11.1. The van der Waals surface area contributed by atoms with Gasteiger partial charge in [-0.15, -0.1) is 0 Å². The Balaban J connectivity index is 3.10. The van der Waals surface area contributed by atoms with Crippen molar-refractivity contribution in [3.8, 4) is 5.75 Å². The van der Waals surface area contributed by atoms with Crippen molar-refractivity contribution in [1.29, 1.82) is 0 Å². The van der Waals surface area contributed by atoms with Crippen LogP contribution in [0.1, 0.15) is 5.56 Å². The molecule has 1 rings (SSSR count). The van der Waals surface area contributed by atoms with Gasteiger partial charge in [0.1, 0.15) is 0 Å². The highest BCUT2D eigenvalue weighted by atomic mass is 19.4. The van der Waals surface area contributed by atoms with Crippen LogP contribution >= 0.6 is 0 Å². The number of alkyl halides is 9. The number of benzene rings is 1. The van der Waals surface area contributed by atoms with E-state index in [9.17, 15) is 49.6 Å². The predicted molar refractivity (Wildman–Crippen MR) is 59.5 cm³/mol. The summed E-state index contributed by atoms with van der Waals surface area (Å²) in [5.74, 6) is -12.4. The largest absolute Gasteiger partial charge is 0.480 e. The van der Waals surface area contributed by atoms with Crippen molar-refractivity contribution in [2.45, 2.75) is 24.4 Å². The summed E-state index contributed by atoms with van der Waals surface area (Å²) >= 11 is 0. The SMILES string of the molecule is O=[N+]([O-])c1cc(C(F)(F)F)ccc1OCC(F)(F)C(F)(F)C(F)F. The Morgan fingerprint density at radius 1 is 1.08 bits per heavy atom. The third-order valence-corrected chi connectivity index (χ3v) is 2.65. The maximum Gasteiger partial charge on any atom is 0.416 e. The van der Waals surface area contributed by atoms with Crippen LogP contribution in [-0.4, -0.2) is 29.8 Å². The first-order chi connectivity index (χ1) is 10.7. The molecule has 13 heteroatoms. The van der Waals surface area contributed by atoms with Gasteiger partial charge in [0.15, 0.2) is 12.4 Å². The monoisotopic (exact) mass is 371 g/mol. The van der Waals surface area contributed by atoms with Crippen LogP contribution in [0, 0.1) is 10.1 Å². The quantitative estimate of drug-likeness (QED) is 0.420. The highest BCUT2D eigenvalue weighted by Crippen LogP contribution is 2.41. The molecule has 0 radical (unpaired) electrons. The maximum absolute atomic E-state index is 13.0. The fourth-order valence-electron chi connectivity index (χ4n) is 1.38. The second-order valence-electron chi connectivity index (χ2n) is 4.35. The molecule has 0 spiro atoms. The molecule has 0 saturated heterocycles. The number of nitrogens with zero attached hydrogens (tertiary/aromatic N) is 1. The zero-order valence-electron chi connectivity index (χ0n) is 11.1. The Morgan fingerprint density at radius 2 is 1.62 bits per heavy atom. The van der Waals surface area contributed by atoms with Gasteiger partial charge in [-0.3, -0.25) is 10.1 Å². The summed E-state index contributed by atoms with van der Waals surface area (Å²) in [5, 5.41) is 10.6. The Hall–Kier alpha value is -2.21. The van der Waals surface area contributed by atoms with Gasteiger partial charge in [0.25, 0.3) is 0 Å². The van der Waals surface area contributed by atoms with Gasteiger partial charge in [-0.1, -0.05) is 0 Å². The summed E-state index contributed by atoms with van der Waals surface area (Å²) in [6.45, 7) is -2.41. The smallest absolute Gasteiger partial charge is 0.416 e. The Kier molecular flexibility index (Phi) is 5.25. The van der Waals surface area contributed by atoms with Gasteiger partial charge < -0.3 is 4.74 Å². The third kappa shape index (κ3) is 4.00. The molecule has 4 nitrogen and oxygen atoms in total. The van der Waals surface area contributed by atoms with Crippen molar-refractivity contribution < 1.29 is 49.2 Å². The lowest BCUT2D eigenvalue weighted by molar-refractivity contribution is -0.386. The lowest BCUT2D eigenvalue weighted by Gasteiger charge is -2.25. The van der Waals surface area contributed by atoms with Gasteiger partial charge in [0, 0.05) is 6.07 Å². The van der Waals surface area contributed by atoms with Crippen LogP contribution in [0.5, 0.6) is 5.75 Å². The van der Waals surface area contributed by atoms with Crippen LogP contribution in [0.4, 0.5) is 45.2 Å². The summed E-state index contributed by atoms with van der Waals surface area (Å²) < 4.78 is 116. The minimum absolute atomic E-state index is 0.0707. The van der Waals surface area contributed by atoms with Gasteiger partial charge in [0.2, 0.25) is 0 Å². The number of halogens is 9. The topological polar surface area (TPSA) is 52.4 Å². The molecule has 0 aliphatic heterocycles. The number of nitro benzene ring substituents is 1. The van der Waals surface area contributed by atoms with E-state index in [1.54, 1.807) is 0 Å². The molecule has 0 unspecified atom stereocenters. The molecule has 0 atom stereocenters. The van der Waals surface area contributed by atoms with Crippen LogP contribution in [0.15, 0.2) is 18.2 Å². The maximum atomic E-state index is 13.0. The second-order valence-corrected chi connectivity index (χ2v) is 4.35. The molecule has 136 valence electrons. The number of hydrogen-bond donors (Lipinski definition) is 0. The number of hydrogen-bond acceptors (Lipinski definition) is 3. The van der Waals surface area contributed by atoms with E-state index in [0.717, 1.165) is 0 Å². The van der Waals surface area contributed by atoms with Crippen LogP contribution < -0.4 is 4.74 Å². The van der Waals surface area contributed by atoms with Crippen molar-refractivity contribution in [2.75, 3.05) is 6.61 Å². The summed E-state index contributed by atoms with van der Waals surface area (Å²) in [7, 11) is 0. The normalized spacial score (nSPS) is 13.2. The fraction of sp³-hybridized carbons (Fsp3) is 0.455. The molecule has 0 aliphatic rings. The van der Waals surface area contributed by atoms with E-state index in [0.29, 0.717) is 0 Å². The summed E-state index contributed by atoms with van der Waals surface area (Å²) in [5.41, 5.74) is -2.97. The summed E-state index contributed by atoms with van der Waals surface area (Å²) in [4.78, 5) is 9.20. The first-order valence-electron chi connectivity index (χ1n) is 5.72. The molecule has 0 heterocycles. The first kappa shape index (κ1) is 19.8. The van der Waals surface area contributed by atoms with Crippen LogP contribution in [0.3, 0.4) is 0 Å². The lowest BCUT2D eigenvalue weighted by Crippen LogP contribution is -2.50. The Morgan fingerprint density at radius 3 is 2.04 bits per heavy atom. The highest BCUT2D eigenvalue weighted by Gasteiger charge is 2.63. The van der Waals surface area contributed by atoms with E-state index < -0.39 is 53.0 Å². The molecule has 0 aromatic heterocycles. The van der Waals surface area contributed by atoms with E-state index in [4.69, 9.17) is 0 Å². The van der Waals surface area contributed by atoms with Crippen molar-refractivity contribution in [3.05, 3.63) is 33.9 Å². The minimum atomic E-state index is -5.80. The number of rotatable bonds is 6. The summed E-state index contributed by atoms with van der Waals surface area (Å²) in [6, 6.07) is 0.391. The van der Waals surface area contributed by atoms with Crippen molar-refractivity contribution in [3.63, 3.8) is 0 Å². The lowest BCUT2D eigenvalue weighted by atomic mass is 10.1. The standard InChI is InChI=1S/C11H6F9NO3/c12-8(13)10(16,17)9(14,15)4-24-7-2-1-5(11(18,19)20)3-6(7)21(22)23/h1-3,8H,4H2. The molecule has 0 bridgehead atoms.